The second-order valence-corrected chi connectivity index (χ2v) is 4.23. The predicted molar refractivity (Wildman–Crippen MR) is 59.5 cm³/mol. The summed E-state index contributed by atoms with van der Waals surface area (Å²) in [5.41, 5.74) is 5.18. The third kappa shape index (κ3) is 4.04. The molecular weight excluding hydrogens is 222 g/mol. The Bertz CT molecular complexity index is 331. The van der Waals surface area contributed by atoms with Gasteiger partial charge in [-0.3, -0.25) is 9.59 Å². The van der Waals surface area contributed by atoms with Crippen LogP contribution in [0.25, 0.3) is 0 Å². The van der Waals surface area contributed by atoms with Gasteiger partial charge in [0.15, 0.2) is 0 Å². The molecule has 0 saturated carbocycles. The molecule has 0 aromatic carbocycles. The van der Waals surface area contributed by atoms with E-state index >= 15 is 0 Å². The largest absolute Gasteiger partial charge is 0.368 e. The van der Waals surface area contributed by atoms with Crippen molar-refractivity contribution in [2.24, 2.45) is 11.7 Å². The van der Waals surface area contributed by atoms with Gasteiger partial charge in [-0.15, -0.1) is 0 Å². The van der Waals surface area contributed by atoms with Crippen molar-refractivity contribution >= 4 is 11.8 Å². The number of hydrogen-bond donors (Lipinski definition) is 2. The lowest BCUT2D eigenvalue weighted by Crippen LogP contribution is -2.48. The highest BCUT2D eigenvalue weighted by molar-refractivity contribution is 5.88. The van der Waals surface area contributed by atoms with Crippen LogP contribution in [0.15, 0.2) is 0 Å². The summed E-state index contributed by atoms with van der Waals surface area (Å²) >= 11 is 0. The van der Waals surface area contributed by atoms with Crippen molar-refractivity contribution in [3.8, 4) is 6.07 Å². The van der Waals surface area contributed by atoms with Crippen molar-refractivity contribution in [1.82, 2.24) is 5.32 Å². The lowest BCUT2D eigenvalue weighted by atomic mass is 10.0. The molecule has 1 rings (SSSR count). The molecule has 3 N–H and O–H groups in total. The van der Waals surface area contributed by atoms with E-state index in [1.165, 1.54) is 0 Å². The van der Waals surface area contributed by atoms with Gasteiger partial charge in [0.05, 0.1) is 6.07 Å². The Labute approximate surface area is 100 Å². The molecule has 94 valence electrons. The van der Waals surface area contributed by atoms with Crippen molar-refractivity contribution in [2.75, 3.05) is 6.61 Å². The van der Waals surface area contributed by atoms with E-state index in [1.807, 2.05) is 6.07 Å². The second-order valence-electron chi connectivity index (χ2n) is 4.23. The Balaban J connectivity index is 2.51. The maximum absolute atomic E-state index is 11.7. The number of carbonyl (C=O) groups is 2. The molecule has 17 heavy (non-hydrogen) atoms. The summed E-state index contributed by atoms with van der Waals surface area (Å²) in [5, 5.41) is 11.2. The highest BCUT2D eigenvalue weighted by Crippen LogP contribution is 2.13. The Morgan fingerprint density at radius 3 is 2.82 bits per heavy atom. The minimum absolute atomic E-state index is 0.226. The van der Waals surface area contributed by atoms with Gasteiger partial charge < -0.3 is 15.8 Å². The molecule has 2 amide bonds. The van der Waals surface area contributed by atoms with E-state index in [1.54, 1.807) is 6.92 Å². The number of nitrogens with zero attached hydrogens (tertiary/aromatic N) is 1. The summed E-state index contributed by atoms with van der Waals surface area (Å²) in [6, 6.07) is 1.20. The third-order valence-electron chi connectivity index (χ3n) is 2.69. The zero-order valence-electron chi connectivity index (χ0n) is 9.81. The van der Waals surface area contributed by atoms with E-state index in [2.05, 4.69) is 5.32 Å². The molecule has 6 nitrogen and oxygen atoms in total. The first-order valence-electron chi connectivity index (χ1n) is 5.65. The predicted octanol–water partition coefficient (Wildman–Crippen LogP) is -0.315. The van der Waals surface area contributed by atoms with Crippen LogP contribution in [0.5, 0.6) is 0 Å². The van der Waals surface area contributed by atoms with Crippen LogP contribution in [-0.2, 0) is 14.3 Å². The Kier molecular flexibility index (Phi) is 4.91. The van der Waals surface area contributed by atoms with E-state index in [9.17, 15) is 9.59 Å². The summed E-state index contributed by atoms with van der Waals surface area (Å²) in [6.07, 6.45) is 1.23. The molecule has 0 bridgehead atoms. The molecule has 6 heteroatoms. The van der Waals surface area contributed by atoms with Crippen LogP contribution in [0.1, 0.15) is 26.2 Å². The van der Waals surface area contributed by atoms with Crippen LogP contribution in [0.2, 0.25) is 0 Å². The first-order chi connectivity index (χ1) is 8.04. The number of carbonyl (C=O) groups excluding carboxylic acids is 2. The van der Waals surface area contributed by atoms with Crippen LogP contribution >= 0.6 is 0 Å². The van der Waals surface area contributed by atoms with Crippen molar-refractivity contribution < 1.29 is 14.3 Å². The lowest BCUT2D eigenvalue weighted by molar-refractivity contribution is -0.134. The van der Waals surface area contributed by atoms with Gasteiger partial charge in [-0.2, -0.15) is 5.26 Å². The molecule has 0 radical (unpaired) electrons. The standard InChI is InChI=1S/C11H17N3O3/c1-7(6-12)5-8(10(13)15)14-11(16)9-3-2-4-17-9/h7-9H,2-5H2,1H3,(H2,13,15)(H,14,16)/t7-,8-,9+/m1/s1. The van der Waals surface area contributed by atoms with Crippen molar-refractivity contribution in [3.63, 3.8) is 0 Å². The number of amides is 2. The topological polar surface area (TPSA) is 105 Å². The fraction of sp³-hybridized carbons (Fsp3) is 0.727. The average molecular weight is 239 g/mol. The monoisotopic (exact) mass is 239 g/mol. The van der Waals surface area contributed by atoms with Crippen LogP contribution in [0.3, 0.4) is 0 Å². The summed E-state index contributed by atoms with van der Waals surface area (Å²) in [5.74, 6) is -1.29. The van der Waals surface area contributed by atoms with Gasteiger partial charge in [0.1, 0.15) is 12.1 Å². The molecule has 1 heterocycles. The quantitative estimate of drug-likeness (QED) is 0.686. The molecule has 1 saturated heterocycles. The number of nitrogens with one attached hydrogen (secondary N) is 1. The first-order valence-corrected chi connectivity index (χ1v) is 5.65. The number of primary amides is 1. The zero-order chi connectivity index (χ0) is 12.8. The minimum atomic E-state index is -0.804. The number of hydrogen-bond acceptors (Lipinski definition) is 4. The average Bonchev–Trinajstić information content (AvgIpc) is 2.81. The van der Waals surface area contributed by atoms with Gasteiger partial charge in [0.25, 0.3) is 0 Å². The van der Waals surface area contributed by atoms with Crippen molar-refractivity contribution in [2.45, 2.75) is 38.3 Å². The van der Waals surface area contributed by atoms with Crippen molar-refractivity contribution in [1.29, 1.82) is 5.26 Å². The van der Waals surface area contributed by atoms with E-state index < -0.39 is 18.1 Å². The van der Waals surface area contributed by atoms with Gasteiger partial charge in [0.2, 0.25) is 11.8 Å². The molecule has 1 aliphatic heterocycles. The second kappa shape index (κ2) is 6.21. The van der Waals surface area contributed by atoms with Gasteiger partial charge in [-0.1, -0.05) is 0 Å². The smallest absolute Gasteiger partial charge is 0.249 e. The van der Waals surface area contributed by atoms with Gasteiger partial charge in [-0.25, -0.2) is 0 Å². The summed E-state index contributed by atoms with van der Waals surface area (Å²) in [7, 11) is 0. The maximum atomic E-state index is 11.7. The summed E-state index contributed by atoms with van der Waals surface area (Å²) in [4.78, 5) is 22.9. The first kappa shape index (κ1) is 13.5. The van der Waals surface area contributed by atoms with E-state index in [0.717, 1.165) is 6.42 Å². The van der Waals surface area contributed by atoms with Crippen LogP contribution in [0.4, 0.5) is 0 Å². The van der Waals surface area contributed by atoms with E-state index in [0.29, 0.717) is 13.0 Å². The molecule has 0 aromatic rings. The highest BCUT2D eigenvalue weighted by Gasteiger charge is 2.28. The van der Waals surface area contributed by atoms with E-state index in [-0.39, 0.29) is 18.2 Å². The molecule has 3 atom stereocenters. The van der Waals surface area contributed by atoms with E-state index in [4.69, 9.17) is 15.7 Å². The molecule has 1 aliphatic rings. The maximum Gasteiger partial charge on any atom is 0.249 e. The number of ether oxygens (including phenoxy) is 1. The van der Waals surface area contributed by atoms with Crippen LogP contribution in [0, 0.1) is 17.2 Å². The molecule has 0 spiro atoms. The number of nitrogens with two attached hydrogens (primary N) is 1. The van der Waals surface area contributed by atoms with Crippen LogP contribution < -0.4 is 11.1 Å². The molecule has 0 aromatic heterocycles. The summed E-state index contributed by atoms with van der Waals surface area (Å²) < 4.78 is 5.20. The Hall–Kier alpha value is -1.61. The highest BCUT2D eigenvalue weighted by atomic mass is 16.5. The molecular formula is C11H17N3O3. The molecule has 0 unspecified atom stereocenters. The van der Waals surface area contributed by atoms with Gasteiger partial charge in [-0.05, 0) is 26.2 Å². The normalized spacial score (nSPS) is 22.5. The number of nitriles is 1. The fourth-order valence-electron chi connectivity index (χ4n) is 1.70. The fourth-order valence-corrected chi connectivity index (χ4v) is 1.70. The lowest BCUT2D eigenvalue weighted by Gasteiger charge is -2.18. The summed E-state index contributed by atoms with van der Waals surface area (Å²) in [6.45, 7) is 2.24. The SMILES string of the molecule is C[C@@H](C#N)C[C@@H](NC(=O)[C@@H]1CCCO1)C(N)=O. The molecule has 1 fully saturated rings. The zero-order valence-corrected chi connectivity index (χ0v) is 9.81. The van der Waals surface area contributed by atoms with Gasteiger partial charge in [0, 0.05) is 12.5 Å². The number of rotatable bonds is 5. The van der Waals surface area contributed by atoms with Gasteiger partial charge >= 0.3 is 0 Å². The van der Waals surface area contributed by atoms with Crippen molar-refractivity contribution in [3.05, 3.63) is 0 Å². The third-order valence-corrected chi connectivity index (χ3v) is 2.69. The Morgan fingerprint density at radius 2 is 2.35 bits per heavy atom. The Morgan fingerprint density at radius 1 is 1.65 bits per heavy atom. The van der Waals surface area contributed by atoms with Crippen LogP contribution in [-0.4, -0.2) is 30.6 Å². The minimum Gasteiger partial charge on any atom is -0.368 e. The molecule has 0 aliphatic carbocycles.